The summed E-state index contributed by atoms with van der Waals surface area (Å²) in [4.78, 5) is 4.59. The number of rotatable bonds is 6. The average Bonchev–Trinajstić information content (AvgIpc) is 3.31. The SMILES string of the molecule is Brc1ccc(-c2nnc(SCc3csc(Nc4ccccc4)n3)o2)cc1. The summed E-state index contributed by atoms with van der Waals surface area (Å²) in [5.41, 5.74) is 2.90. The molecule has 0 radical (unpaired) electrons. The molecule has 2 heterocycles. The van der Waals surface area contributed by atoms with Crippen molar-refractivity contribution in [2.24, 2.45) is 0 Å². The van der Waals surface area contributed by atoms with Gasteiger partial charge in [-0.2, -0.15) is 0 Å². The molecule has 0 fully saturated rings. The van der Waals surface area contributed by atoms with Gasteiger partial charge >= 0.3 is 0 Å². The number of nitrogens with zero attached hydrogens (tertiary/aromatic N) is 3. The van der Waals surface area contributed by atoms with Crippen molar-refractivity contribution in [3.8, 4) is 11.5 Å². The summed E-state index contributed by atoms with van der Waals surface area (Å²) in [5, 5.41) is 14.9. The highest BCUT2D eigenvalue weighted by molar-refractivity contribution is 9.10. The topological polar surface area (TPSA) is 63.8 Å². The molecule has 0 saturated heterocycles. The fraction of sp³-hybridized carbons (Fsp3) is 0.0556. The molecule has 0 amide bonds. The van der Waals surface area contributed by atoms with Crippen molar-refractivity contribution in [1.29, 1.82) is 0 Å². The summed E-state index contributed by atoms with van der Waals surface area (Å²) in [5.74, 6) is 1.19. The van der Waals surface area contributed by atoms with Crippen LogP contribution in [0.25, 0.3) is 11.5 Å². The van der Waals surface area contributed by atoms with Crippen LogP contribution in [0, 0.1) is 0 Å². The predicted molar refractivity (Wildman–Crippen MR) is 109 cm³/mol. The molecule has 2 aromatic heterocycles. The fourth-order valence-electron chi connectivity index (χ4n) is 2.19. The third-order valence-corrected chi connectivity index (χ3v) is 5.61. The Kier molecular flexibility index (Phi) is 5.33. The zero-order chi connectivity index (χ0) is 17.8. The van der Waals surface area contributed by atoms with E-state index >= 15 is 0 Å². The molecule has 130 valence electrons. The first-order valence-corrected chi connectivity index (χ1v) is 10.4. The zero-order valence-electron chi connectivity index (χ0n) is 13.4. The van der Waals surface area contributed by atoms with E-state index in [4.69, 9.17) is 4.42 Å². The van der Waals surface area contributed by atoms with E-state index in [-0.39, 0.29) is 0 Å². The smallest absolute Gasteiger partial charge is 0.277 e. The maximum absolute atomic E-state index is 5.72. The van der Waals surface area contributed by atoms with Gasteiger partial charge in [-0.05, 0) is 36.4 Å². The van der Waals surface area contributed by atoms with Crippen molar-refractivity contribution < 1.29 is 4.42 Å². The standard InChI is InChI=1S/C18H13BrN4OS2/c19-13-8-6-12(7-9-13)16-22-23-18(24-16)26-11-15-10-25-17(21-15)20-14-4-2-1-3-5-14/h1-10H,11H2,(H,20,21). The second kappa shape index (κ2) is 8.03. The summed E-state index contributed by atoms with van der Waals surface area (Å²) in [6.45, 7) is 0. The molecule has 0 aliphatic heterocycles. The molecule has 0 bridgehead atoms. The Bertz CT molecular complexity index is 986. The van der Waals surface area contributed by atoms with E-state index in [9.17, 15) is 0 Å². The Labute approximate surface area is 167 Å². The summed E-state index contributed by atoms with van der Waals surface area (Å²) in [7, 11) is 0. The quantitative estimate of drug-likeness (QED) is 0.368. The van der Waals surface area contributed by atoms with Crippen LogP contribution in [0.4, 0.5) is 10.8 Å². The van der Waals surface area contributed by atoms with Crippen molar-refractivity contribution in [2.75, 3.05) is 5.32 Å². The number of aromatic nitrogens is 3. The first-order chi connectivity index (χ1) is 12.8. The van der Waals surface area contributed by atoms with Crippen LogP contribution in [-0.2, 0) is 5.75 Å². The summed E-state index contributed by atoms with van der Waals surface area (Å²) >= 11 is 6.47. The lowest BCUT2D eigenvalue weighted by Gasteiger charge is -2.00. The van der Waals surface area contributed by atoms with Gasteiger partial charge < -0.3 is 9.73 Å². The van der Waals surface area contributed by atoms with Crippen LogP contribution in [0.2, 0.25) is 0 Å². The van der Waals surface area contributed by atoms with Crippen LogP contribution in [-0.4, -0.2) is 15.2 Å². The van der Waals surface area contributed by atoms with Crippen molar-refractivity contribution in [3.63, 3.8) is 0 Å². The number of benzene rings is 2. The fourth-order valence-corrected chi connectivity index (χ4v) is 3.94. The van der Waals surface area contributed by atoms with Crippen molar-refractivity contribution in [1.82, 2.24) is 15.2 Å². The van der Waals surface area contributed by atoms with Gasteiger partial charge in [-0.25, -0.2) is 4.98 Å². The van der Waals surface area contributed by atoms with E-state index in [2.05, 4.69) is 36.4 Å². The molecule has 4 rings (SSSR count). The summed E-state index contributed by atoms with van der Waals surface area (Å²) in [6.07, 6.45) is 0. The number of hydrogen-bond donors (Lipinski definition) is 1. The lowest BCUT2D eigenvalue weighted by Crippen LogP contribution is -1.89. The Balaban J connectivity index is 1.37. The van der Waals surface area contributed by atoms with Gasteiger partial charge in [0.05, 0.1) is 5.69 Å². The molecule has 0 aliphatic carbocycles. The van der Waals surface area contributed by atoms with Gasteiger partial charge in [0, 0.05) is 26.9 Å². The molecule has 0 saturated carbocycles. The molecule has 8 heteroatoms. The van der Waals surface area contributed by atoms with Crippen LogP contribution >= 0.6 is 39.0 Å². The van der Waals surface area contributed by atoms with Gasteiger partial charge in [0.15, 0.2) is 5.13 Å². The normalized spacial score (nSPS) is 10.8. The van der Waals surface area contributed by atoms with E-state index in [0.717, 1.165) is 26.5 Å². The highest BCUT2D eigenvalue weighted by atomic mass is 79.9. The molecule has 0 unspecified atom stereocenters. The Morgan fingerprint density at radius 1 is 1.04 bits per heavy atom. The second-order valence-electron chi connectivity index (χ2n) is 5.30. The summed E-state index contributed by atoms with van der Waals surface area (Å²) in [6, 6.07) is 17.8. The largest absolute Gasteiger partial charge is 0.411 e. The van der Waals surface area contributed by atoms with Crippen LogP contribution in [0.15, 0.2) is 74.1 Å². The first-order valence-electron chi connectivity index (χ1n) is 7.75. The average molecular weight is 445 g/mol. The van der Waals surface area contributed by atoms with Crippen molar-refractivity contribution in [3.05, 3.63) is 70.1 Å². The van der Waals surface area contributed by atoms with Gasteiger partial charge in [0.25, 0.3) is 5.22 Å². The van der Waals surface area contributed by atoms with Crippen LogP contribution < -0.4 is 5.32 Å². The second-order valence-corrected chi connectivity index (χ2v) is 8.00. The van der Waals surface area contributed by atoms with E-state index in [1.54, 1.807) is 11.3 Å². The predicted octanol–water partition coefficient (Wildman–Crippen LogP) is 5.99. The lowest BCUT2D eigenvalue weighted by molar-refractivity contribution is 0.466. The molecule has 0 atom stereocenters. The molecule has 4 aromatic rings. The van der Waals surface area contributed by atoms with Gasteiger partial charge in [0.2, 0.25) is 5.89 Å². The highest BCUT2D eigenvalue weighted by Gasteiger charge is 2.10. The number of halogens is 1. The van der Waals surface area contributed by atoms with Gasteiger partial charge in [-0.15, -0.1) is 21.5 Å². The minimum absolute atomic E-state index is 0.518. The molecule has 26 heavy (non-hydrogen) atoms. The minimum Gasteiger partial charge on any atom is -0.411 e. The minimum atomic E-state index is 0.518. The van der Waals surface area contributed by atoms with E-state index in [1.807, 2.05) is 60.0 Å². The Morgan fingerprint density at radius 3 is 2.65 bits per heavy atom. The van der Waals surface area contributed by atoms with Gasteiger partial charge in [-0.3, -0.25) is 0 Å². The third-order valence-electron chi connectivity index (χ3n) is 3.42. The maximum atomic E-state index is 5.72. The zero-order valence-corrected chi connectivity index (χ0v) is 16.6. The lowest BCUT2D eigenvalue weighted by atomic mass is 10.2. The summed E-state index contributed by atoms with van der Waals surface area (Å²) < 4.78 is 6.73. The number of hydrogen-bond acceptors (Lipinski definition) is 7. The molecule has 0 aliphatic rings. The van der Waals surface area contributed by atoms with E-state index in [0.29, 0.717) is 16.9 Å². The number of anilines is 2. The third kappa shape index (κ3) is 4.32. The van der Waals surface area contributed by atoms with Crippen LogP contribution in [0.3, 0.4) is 0 Å². The number of para-hydroxylation sites is 1. The van der Waals surface area contributed by atoms with Crippen LogP contribution in [0.1, 0.15) is 5.69 Å². The highest BCUT2D eigenvalue weighted by Crippen LogP contribution is 2.28. The molecule has 2 aromatic carbocycles. The number of thiazole rings is 1. The Hall–Kier alpha value is -2.16. The van der Waals surface area contributed by atoms with Gasteiger partial charge in [0.1, 0.15) is 0 Å². The first kappa shape index (κ1) is 17.3. The molecular formula is C18H13BrN4OS2. The van der Waals surface area contributed by atoms with E-state index < -0.39 is 0 Å². The number of nitrogens with one attached hydrogen (secondary N) is 1. The maximum Gasteiger partial charge on any atom is 0.277 e. The van der Waals surface area contributed by atoms with Crippen molar-refractivity contribution in [2.45, 2.75) is 11.0 Å². The Morgan fingerprint density at radius 2 is 1.85 bits per heavy atom. The monoisotopic (exact) mass is 444 g/mol. The van der Waals surface area contributed by atoms with Crippen molar-refractivity contribution >= 4 is 49.8 Å². The molecule has 1 N–H and O–H groups in total. The van der Waals surface area contributed by atoms with Crippen LogP contribution in [0.5, 0.6) is 0 Å². The number of thioether (sulfide) groups is 1. The molecular weight excluding hydrogens is 432 g/mol. The van der Waals surface area contributed by atoms with Gasteiger partial charge in [-0.1, -0.05) is 45.9 Å². The van der Waals surface area contributed by atoms with E-state index in [1.165, 1.54) is 11.8 Å². The molecule has 0 spiro atoms. The molecule has 5 nitrogen and oxygen atoms in total.